The molecule has 3 aromatic heterocycles. The fraction of sp³-hybridized carbons (Fsp3) is 0.263. The van der Waals surface area contributed by atoms with E-state index in [0.717, 1.165) is 27.9 Å². The number of fused-ring (bicyclic) bond motifs is 3. The third-order valence-corrected chi connectivity index (χ3v) is 4.91. The van der Waals surface area contributed by atoms with Gasteiger partial charge in [-0.2, -0.15) is 0 Å². The molecule has 0 bridgehead atoms. The van der Waals surface area contributed by atoms with Gasteiger partial charge < -0.3 is 14.5 Å². The summed E-state index contributed by atoms with van der Waals surface area (Å²) in [5.74, 6) is 0.509. The van der Waals surface area contributed by atoms with E-state index in [1.165, 1.54) is 0 Å². The van der Waals surface area contributed by atoms with Gasteiger partial charge in [-0.3, -0.25) is 0 Å². The zero-order valence-electron chi connectivity index (χ0n) is 15.5. The second-order valence-corrected chi connectivity index (χ2v) is 6.82. The molecule has 4 rings (SSSR count). The summed E-state index contributed by atoms with van der Waals surface area (Å²) < 4.78 is 3.63. The Kier molecular flexibility index (Phi) is 4.97. The van der Waals surface area contributed by atoms with Crippen molar-refractivity contribution in [3.8, 4) is 0 Å². The van der Waals surface area contributed by atoms with Gasteiger partial charge in [0.2, 0.25) is 0 Å². The summed E-state index contributed by atoms with van der Waals surface area (Å²) in [4.78, 5) is 14.4. The van der Waals surface area contributed by atoms with Gasteiger partial charge in [-0.05, 0) is 37.1 Å². The third-order valence-electron chi connectivity index (χ3n) is 4.65. The topological polar surface area (TPSA) is 89.8 Å². The molecule has 4 aromatic rings. The number of oxime groups is 1. The van der Waals surface area contributed by atoms with E-state index in [2.05, 4.69) is 20.2 Å². The van der Waals surface area contributed by atoms with Crippen molar-refractivity contribution in [2.24, 2.45) is 5.16 Å². The second kappa shape index (κ2) is 7.57. The molecule has 0 unspecified atom stereocenters. The van der Waals surface area contributed by atoms with E-state index in [1.54, 1.807) is 29.2 Å². The van der Waals surface area contributed by atoms with Crippen LogP contribution in [0, 0.1) is 13.8 Å². The van der Waals surface area contributed by atoms with Crippen molar-refractivity contribution in [3.05, 3.63) is 58.3 Å². The van der Waals surface area contributed by atoms with Crippen LogP contribution in [0.25, 0.3) is 16.7 Å². The Hall–Kier alpha value is -2.97. The number of benzene rings is 1. The Balaban J connectivity index is 1.58. The molecule has 9 heteroatoms. The lowest BCUT2D eigenvalue weighted by molar-refractivity contribution is 0.126. The van der Waals surface area contributed by atoms with Crippen molar-refractivity contribution in [2.75, 3.05) is 6.61 Å². The summed E-state index contributed by atoms with van der Waals surface area (Å²) in [6.45, 7) is 4.71. The van der Waals surface area contributed by atoms with Gasteiger partial charge >= 0.3 is 0 Å². The van der Waals surface area contributed by atoms with Crippen LogP contribution in [0.5, 0.6) is 0 Å². The Morgan fingerprint density at radius 1 is 1.21 bits per heavy atom. The van der Waals surface area contributed by atoms with Crippen LogP contribution in [0.15, 0.2) is 35.7 Å². The maximum absolute atomic E-state index is 9.33. The number of aromatic nitrogens is 5. The largest absolute Gasteiger partial charge is 0.395 e. The van der Waals surface area contributed by atoms with E-state index in [-0.39, 0.29) is 13.2 Å². The van der Waals surface area contributed by atoms with Crippen LogP contribution in [0.1, 0.15) is 22.6 Å². The number of hydrogen-bond donors (Lipinski definition) is 1. The first-order chi connectivity index (χ1) is 13.6. The molecule has 0 fully saturated rings. The van der Waals surface area contributed by atoms with E-state index in [9.17, 15) is 5.11 Å². The predicted molar refractivity (Wildman–Crippen MR) is 107 cm³/mol. The van der Waals surface area contributed by atoms with Gasteiger partial charge in [0.1, 0.15) is 12.0 Å². The summed E-state index contributed by atoms with van der Waals surface area (Å²) in [6.07, 6.45) is 3.23. The Labute approximate surface area is 166 Å². The van der Waals surface area contributed by atoms with Crippen molar-refractivity contribution < 1.29 is 9.94 Å². The van der Waals surface area contributed by atoms with E-state index >= 15 is 0 Å². The van der Waals surface area contributed by atoms with Crippen molar-refractivity contribution in [1.82, 2.24) is 24.1 Å². The van der Waals surface area contributed by atoms with E-state index in [1.807, 2.05) is 30.5 Å². The smallest absolute Gasteiger partial charge is 0.192 e. The van der Waals surface area contributed by atoms with Gasteiger partial charge in [-0.1, -0.05) is 28.9 Å². The first-order valence-electron chi connectivity index (χ1n) is 8.80. The third kappa shape index (κ3) is 3.32. The molecule has 0 saturated heterocycles. The Morgan fingerprint density at radius 3 is 2.75 bits per heavy atom. The monoisotopic (exact) mass is 398 g/mol. The van der Waals surface area contributed by atoms with E-state index in [0.29, 0.717) is 23.0 Å². The number of hydrogen-bond acceptors (Lipinski definition) is 6. The number of aryl methyl sites for hydroxylation is 1. The number of aliphatic hydroxyl groups excluding tert-OH is 1. The highest BCUT2D eigenvalue weighted by Crippen LogP contribution is 2.26. The number of nitrogens with zero attached hydrogens (tertiary/aromatic N) is 6. The fourth-order valence-corrected chi connectivity index (χ4v) is 3.28. The van der Waals surface area contributed by atoms with Crippen LogP contribution in [0.2, 0.25) is 5.02 Å². The summed E-state index contributed by atoms with van der Waals surface area (Å²) >= 11 is 5.86. The minimum atomic E-state index is 0.0499. The van der Waals surface area contributed by atoms with Crippen LogP contribution in [0.3, 0.4) is 0 Å². The quantitative estimate of drug-likeness (QED) is 0.398. The summed E-state index contributed by atoms with van der Waals surface area (Å²) in [7, 11) is 0. The van der Waals surface area contributed by atoms with Crippen molar-refractivity contribution in [1.29, 1.82) is 0 Å². The first kappa shape index (κ1) is 18.4. The molecule has 0 saturated carbocycles. The van der Waals surface area contributed by atoms with Crippen LogP contribution in [-0.2, 0) is 18.0 Å². The first-order valence-corrected chi connectivity index (χ1v) is 9.17. The zero-order valence-corrected chi connectivity index (χ0v) is 16.3. The molecule has 0 aliphatic carbocycles. The lowest BCUT2D eigenvalue weighted by Crippen LogP contribution is -2.05. The van der Waals surface area contributed by atoms with E-state index < -0.39 is 0 Å². The Bertz CT molecular complexity index is 1160. The van der Waals surface area contributed by atoms with Crippen molar-refractivity contribution in [2.45, 2.75) is 27.0 Å². The highest BCUT2D eigenvalue weighted by Gasteiger charge is 2.17. The second-order valence-electron chi connectivity index (χ2n) is 6.38. The van der Waals surface area contributed by atoms with Crippen LogP contribution in [0.4, 0.5) is 0 Å². The highest BCUT2D eigenvalue weighted by molar-refractivity contribution is 6.30. The van der Waals surface area contributed by atoms with Crippen LogP contribution >= 0.6 is 11.6 Å². The maximum atomic E-state index is 9.33. The number of halogens is 1. The summed E-state index contributed by atoms with van der Waals surface area (Å²) in [5.41, 5.74) is 4.51. The molecule has 28 heavy (non-hydrogen) atoms. The molecule has 0 aliphatic heterocycles. The van der Waals surface area contributed by atoms with Crippen LogP contribution in [-0.4, -0.2) is 42.1 Å². The van der Waals surface area contributed by atoms with Gasteiger partial charge in [0, 0.05) is 17.3 Å². The fourth-order valence-electron chi connectivity index (χ4n) is 3.15. The van der Waals surface area contributed by atoms with Crippen molar-refractivity contribution >= 4 is 34.5 Å². The molecule has 1 aromatic carbocycles. The molecule has 0 amide bonds. The van der Waals surface area contributed by atoms with E-state index in [4.69, 9.17) is 16.4 Å². The van der Waals surface area contributed by atoms with Gasteiger partial charge in [0.15, 0.2) is 18.1 Å². The van der Waals surface area contributed by atoms with Crippen LogP contribution < -0.4 is 0 Å². The highest BCUT2D eigenvalue weighted by atomic mass is 35.5. The number of rotatable bonds is 6. The minimum Gasteiger partial charge on any atom is -0.395 e. The maximum Gasteiger partial charge on any atom is 0.192 e. The molecule has 8 nitrogen and oxygen atoms in total. The summed E-state index contributed by atoms with van der Waals surface area (Å²) in [5, 5.41) is 19.3. The van der Waals surface area contributed by atoms with Gasteiger partial charge in [-0.15, -0.1) is 5.10 Å². The molecule has 0 aliphatic rings. The zero-order chi connectivity index (χ0) is 19.7. The molecule has 1 N–H and O–H groups in total. The van der Waals surface area contributed by atoms with Gasteiger partial charge in [0.05, 0.1) is 18.2 Å². The molecular weight excluding hydrogens is 380 g/mol. The van der Waals surface area contributed by atoms with Gasteiger partial charge in [-0.25, -0.2) is 14.5 Å². The SMILES string of the molecule is Cc1c(C)n(CCO)c2ncn3nc(CO/N=C/c4ccc(Cl)cc4)nc3c12. The normalized spacial score (nSPS) is 11.9. The van der Waals surface area contributed by atoms with Gasteiger partial charge in [0.25, 0.3) is 0 Å². The lowest BCUT2D eigenvalue weighted by Gasteiger charge is -2.04. The summed E-state index contributed by atoms with van der Waals surface area (Å²) in [6, 6.07) is 7.28. The molecular formula is C19H19ClN6O2. The molecule has 0 atom stereocenters. The lowest BCUT2D eigenvalue weighted by atomic mass is 10.2. The van der Waals surface area contributed by atoms with Crippen molar-refractivity contribution in [3.63, 3.8) is 0 Å². The average Bonchev–Trinajstić information content (AvgIpc) is 3.21. The standard InChI is InChI=1S/C19H19ClN6O2/c1-12-13(2)25(7-8-27)18-17(12)19-23-16(24-26(19)11-21-18)10-28-22-9-14-3-5-15(20)6-4-14/h3-6,9,11,27H,7-8,10H2,1-2H3/b22-9+. The minimum absolute atomic E-state index is 0.0499. The predicted octanol–water partition coefficient (Wildman–Crippen LogP) is 2.89. The Morgan fingerprint density at radius 2 is 2.00 bits per heavy atom. The molecule has 3 heterocycles. The molecule has 0 radical (unpaired) electrons. The average molecular weight is 399 g/mol. The molecule has 144 valence electrons. The molecule has 0 spiro atoms. The number of aliphatic hydroxyl groups is 1.